The van der Waals surface area contributed by atoms with Crippen LogP contribution in [0.25, 0.3) is 0 Å². The Kier molecular flexibility index (Phi) is 4.99. The van der Waals surface area contributed by atoms with Gasteiger partial charge in [0.25, 0.3) is 9.05 Å². The van der Waals surface area contributed by atoms with E-state index in [1.807, 2.05) is 0 Å². The fourth-order valence-corrected chi connectivity index (χ4v) is 3.02. The lowest BCUT2D eigenvalue weighted by Crippen LogP contribution is -2.02. The van der Waals surface area contributed by atoms with E-state index in [1.165, 1.54) is 30.3 Å². The molecule has 8 heteroatoms. The van der Waals surface area contributed by atoms with Crippen LogP contribution in [0.1, 0.15) is 5.56 Å². The molecule has 0 aliphatic carbocycles. The van der Waals surface area contributed by atoms with Crippen molar-refractivity contribution in [1.82, 2.24) is 0 Å². The molecule has 0 spiro atoms. The van der Waals surface area contributed by atoms with E-state index < -0.39 is 14.9 Å². The van der Waals surface area contributed by atoms with Gasteiger partial charge in [-0.3, -0.25) is 0 Å². The normalized spacial score (nSPS) is 11.4. The zero-order valence-corrected chi connectivity index (χ0v) is 13.4. The molecule has 2 aromatic carbocycles. The smallest absolute Gasteiger partial charge is 0.265 e. The highest BCUT2D eigenvalue weighted by atomic mass is 35.7. The summed E-state index contributed by atoms with van der Waals surface area (Å²) >= 11 is 11.5. The van der Waals surface area contributed by atoms with Gasteiger partial charge in [0.15, 0.2) is 0 Å². The number of ether oxygens (including phenoxy) is 1. The molecule has 2 rings (SSSR count). The summed E-state index contributed by atoms with van der Waals surface area (Å²) in [5, 5.41) is 0.118. The van der Waals surface area contributed by atoms with Crippen molar-refractivity contribution in [2.75, 3.05) is 0 Å². The molecule has 0 aromatic heterocycles. The molecule has 21 heavy (non-hydrogen) atoms. The van der Waals surface area contributed by atoms with Crippen LogP contribution in [0.3, 0.4) is 0 Å². The molecular weight excluding hydrogens is 362 g/mol. The lowest BCUT2D eigenvalue weighted by atomic mass is 10.2. The third-order valence-electron chi connectivity index (χ3n) is 2.58. The second-order valence-corrected chi connectivity index (χ2v) is 7.38. The molecule has 0 bridgehead atoms. The topological polar surface area (TPSA) is 43.4 Å². The number of halogens is 4. The van der Waals surface area contributed by atoms with Crippen LogP contribution >= 0.6 is 33.9 Å². The van der Waals surface area contributed by atoms with Gasteiger partial charge in [-0.05, 0) is 24.3 Å². The highest BCUT2D eigenvalue weighted by molar-refractivity contribution is 8.13. The summed E-state index contributed by atoms with van der Waals surface area (Å²) in [4.78, 5) is -0.260. The van der Waals surface area contributed by atoms with Gasteiger partial charge in [0.1, 0.15) is 23.1 Å². The minimum atomic E-state index is -4.02. The molecule has 0 amide bonds. The van der Waals surface area contributed by atoms with E-state index in [1.54, 1.807) is 6.07 Å². The summed E-state index contributed by atoms with van der Waals surface area (Å²) in [7, 11) is 1.30. The first-order chi connectivity index (χ1) is 9.79. The highest BCUT2D eigenvalue weighted by Gasteiger charge is 2.18. The molecule has 0 atom stereocenters. The second-order valence-electron chi connectivity index (χ2n) is 4.03. The van der Waals surface area contributed by atoms with Crippen LogP contribution in [0.15, 0.2) is 41.3 Å². The molecule has 0 N–H and O–H groups in total. The van der Waals surface area contributed by atoms with Gasteiger partial charge in [-0.2, -0.15) is 0 Å². The van der Waals surface area contributed by atoms with E-state index >= 15 is 0 Å². The molecule has 3 nitrogen and oxygen atoms in total. The van der Waals surface area contributed by atoms with Crippen molar-refractivity contribution < 1.29 is 17.5 Å². The van der Waals surface area contributed by atoms with E-state index in [9.17, 15) is 12.8 Å². The Bertz CT molecular complexity index is 778. The third-order valence-corrected chi connectivity index (χ3v) is 4.58. The number of hydrogen-bond acceptors (Lipinski definition) is 3. The second kappa shape index (κ2) is 6.40. The fourth-order valence-electron chi connectivity index (χ4n) is 1.61. The minimum absolute atomic E-state index is 0.00901. The first-order valence-corrected chi connectivity index (χ1v) is 8.65. The van der Waals surface area contributed by atoms with E-state index in [0.29, 0.717) is 5.56 Å². The number of benzene rings is 2. The Morgan fingerprint density at radius 2 is 1.86 bits per heavy atom. The largest absolute Gasteiger partial charge is 0.487 e. The maximum absolute atomic E-state index is 13.3. The quantitative estimate of drug-likeness (QED) is 0.737. The summed E-state index contributed by atoms with van der Waals surface area (Å²) in [5.41, 5.74) is 0.379. The van der Waals surface area contributed by atoms with Crippen LogP contribution in [0.4, 0.5) is 4.39 Å². The third kappa shape index (κ3) is 4.01. The standard InChI is InChI=1S/C13H8Cl3FO3S/c14-9-4-5-11(12(6-9)21(16,18)19)20-7-8-2-1-3-10(17)13(8)15/h1-6H,7H2. The van der Waals surface area contributed by atoms with E-state index in [2.05, 4.69) is 0 Å². The van der Waals surface area contributed by atoms with E-state index in [0.717, 1.165) is 0 Å². The van der Waals surface area contributed by atoms with E-state index in [4.69, 9.17) is 38.6 Å². The van der Waals surface area contributed by atoms with E-state index in [-0.39, 0.29) is 27.3 Å². The molecule has 0 saturated carbocycles. The van der Waals surface area contributed by atoms with Crippen molar-refractivity contribution >= 4 is 42.9 Å². The van der Waals surface area contributed by atoms with Crippen LogP contribution in [0.2, 0.25) is 10.0 Å². The predicted molar refractivity (Wildman–Crippen MR) is 80.2 cm³/mol. The van der Waals surface area contributed by atoms with Crippen LogP contribution < -0.4 is 4.74 Å². The maximum Gasteiger partial charge on any atom is 0.265 e. The molecule has 0 fully saturated rings. The van der Waals surface area contributed by atoms with Gasteiger partial charge in [-0.15, -0.1) is 0 Å². The predicted octanol–water partition coefficient (Wildman–Crippen LogP) is 4.64. The summed E-state index contributed by atoms with van der Waals surface area (Å²) in [6, 6.07) is 8.24. The zero-order chi connectivity index (χ0) is 15.6. The average Bonchev–Trinajstić information content (AvgIpc) is 2.40. The van der Waals surface area contributed by atoms with Crippen molar-refractivity contribution in [2.24, 2.45) is 0 Å². The Morgan fingerprint density at radius 1 is 1.14 bits per heavy atom. The summed E-state index contributed by atoms with van der Waals surface area (Å²) < 4.78 is 41.6. The van der Waals surface area contributed by atoms with Gasteiger partial charge in [-0.25, -0.2) is 12.8 Å². The number of rotatable bonds is 4. The molecule has 0 aliphatic heterocycles. The molecule has 0 saturated heterocycles. The molecule has 112 valence electrons. The molecule has 0 radical (unpaired) electrons. The summed E-state index contributed by atoms with van der Waals surface area (Å²) in [6.45, 7) is -0.113. The molecule has 0 unspecified atom stereocenters. The summed E-state index contributed by atoms with van der Waals surface area (Å²) in [6.07, 6.45) is 0. The van der Waals surface area contributed by atoms with Gasteiger partial charge in [0.2, 0.25) is 0 Å². The molecular formula is C13H8Cl3FO3S. The zero-order valence-electron chi connectivity index (χ0n) is 10.3. The Labute approximate surface area is 135 Å². The van der Waals surface area contributed by atoms with Crippen molar-refractivity contribution in [1.29, 1.82) is 0 Å². The van der Waals surface area contributed by atoms with Crippen LogP contribution in [0.5, 0.6) is 5.75 Å². The Morgan fingerprint density at radius 3 is 2.52 bits per heavy atom. The van der Waals surface area contributed by atoms with Crippen LogP contribution in [-0.2, 0) is 15.7 Å². The summed E-state index contributed by atoms with van der Waals surface area (Å²) in [5.74, 6) is -0.575. The SMILES string of the molecule is O=S(=O)(Cl)c1cc(Cl)ccc1OCc1cccc(F)c1Cl. The lowest BCUT2D eigenvalue weighted by Gasteiger charge is -2.11. The first kappa shape index (κ1) is 16.4. The molecule has 0 aliphatic rings. The van der Waals surface area contributed by atoms with Crippen molar-refractivity contribution in [3.63, 3.8) is 0 Å². The van der Waals surface area contributed by atoms with Gasteiger partial charge >= 0.3 is 0 Å². The minimum Gasteiger partial charge on any atom is -0.487 e. The van der Waals surface area contributed by atoms with Gasteiger partial charge < -0.3 is 4.74 Å². The molecule has 0 heterocycles. The highest BCUT2D eigenvalue weighted by Crippen LogP contribution is 2.31. The van der Waals surface area contributed by atoms with Gasteiger partial charge in [0.05, 0.1) is 5.02 Å². The Hall–Kier alpha value is -1.01. The lowest BCUT2D eigenvalue weighted by molar-refractivity contribution is 0.297. The number of hydrogen-bond donors (Lipinski definition) is 0. The maximum atomic E-state index is 13.3. The Balaban J connectivity index is 2.31. The van der Waals surface area contributed by atoms with Crippen molar-refractivity contribution in [2.45, 2.75) is 11.5 Å². The molecule has 2 aromatic rings. The van der Waals surface area contributed by atoms with Crippen molar-refractivity contribution in [3.8, 4) is 5.75 Å². The van der Waals surface area contributed by atoms with Crippen LogP contribution in [-0.4, -0.2) is 8.42 Å². The van der Waals surface area contributed by atoms with Gasteiger partial charge in [-0.1, -0.05) is 35.3 Å². The average molecular weight is 370 g/mol. The first-order valence-electron chi connectivity index (χ1n) is 5.59. The monoisotopic (exact) mass is 368 g/mol. The van der Waals surface area contributed by atoms with Crippen LogP contribution in [0, 0.1) is 5.82 Å². The van der Waals surface area contributed by atoms with Crippen molar-refractivity contribution in [3.05, 3.63) is 57.8 Å². The fraction of sp³-hybridized carbons (Fsp3) is 0.0769. The van der Waals surface area contributed by atoms with Gasteiger partial charge in [0, 0.05) is 21.3 Å².